The second-order valence-corrected chi connectivity index (χ2v) is 2.77. The summed E-state index contributed by atoms with van der Waals surface area (Å²) in [5.74, 6) is -3.38. The number of carboxylic acid groups (broad SMARTS) is 2. The Morgan fingerprint density at radius 1 is 1.00 bits per heavy atom. The molecule has 0 unspecified atom stereocenters. The van der Waals surface area contributed by atoms with Crippen LogP contribution in [0.1, 0.15) is 26.7 Å². The molecule has 0 aliphatic heterocycles. The summed E-state index contributed by atoms with van der Waals surface area (Å²) >= 11 is 0. The first-order valence-corrected chi connectivity index (χ1v) is 4.82. The number of carboxylic acids is 2. The third-order valence-electron chi connectivity index (χ3n) is 1.48. The predicted octanol–water partition coefficient (Wildman–Crippen LogP) is 1.00. The van der Waals surface area contributed by atoms with Crippen LogP contribution < -0.4 is 0 Å². The molecule has 0 aliphatic rings. The van der Waals surface area contributed by atoms with Gasteiger partial charge in [-0.25, -0.2) is 9.59 Å². The van der Waals surface area contributed by atoms with Crippen molar-refractivity contribution < 1.29 is 30.0 Å². The summed E-state index contributed by atoms with van der Waals surface area (Å²) in [6.45, 7) is 9.40. The van der Waals surface area contributed by atoms with Crippen LogP contribution in [0.25, 0.3) is 0 Å². The van der Waals surface area contributed by atoms with E-state index in [0.29, 0.717) is 12.8 Å². The van der Waals surface area contributed by atoms with E-state index in [0.717, 1.165) is 12.2 Å². The lowest BCUT2D eigenvalue weighted by molar-refractivity contribution is -0.163. The van der Waals surface area contributed by atoms with Gasteiger partial charge in [0.15, 0.2) is 5.79 Å². The van der Waals surface area contributed by atoms with Crippen LogP contribution in [0.4, 0.5) is 0 Å². The first-order chi connectivity index (χ1) is 7.66. The van der Waals surface area contributed by atoms with Crippen molar-refractivity contribution >= 4 is 11.9 Å². The van der Waals surface area contributed by atoms with Gasteiger partial charge < -0.3 is 20.4 Å². The average Bonchev–Trinajstić information content (AvgIpc) is 2.30. The summed E-state index contributed by atoms with van der Waals surface area (Å²) in [6, 6.07) is 0. The Kier molecular flexibility index (Phi) is 15.1. The van der Waals surface area contributed by atoms with E-state index in [9.17, 15) is 9.59 Å². The number of carbonyl (C=O) groups is 2. The molecule has 17 heavy (non-hydrogen) atoms. The van der Waals surface area contributed by atoms with Gasteiger partial charge >= 0.3 is 11.9 Å². The molecule has 0 aromatic heterocycles. The molecule has 0 heterocycles. The summed E-state index contributed by atoms with van der Waals surface area (Å²) in [4.78, 5) is 18.5. The van der Waals surface area contributed by atoms with Crippen molar-refractivity contribution in [3.8, 4) is 0 Å². The van der Waals surface area contributed by atoms with E-state index in [2.05, 4.69) is 13.2 Å². The van der Waals surface area contributed by atoms with Gasteiger partial charge in [-0.15, -0.1) is 0 Å². The molecule has 0 saturated carbocycles. The van der Waals surface area contributed by atoms with E-state index in [1.54, 1.807) is 13.8 Å². The summed E-state index contributed by atoms with van der Waals surface area (Å²) < 4.78 is 0. The van der Waals surface area contributed by atoms with Gasteiger partial charge in [-0.3, -0.25) is 0 Å². The van der Waals surface area contributed by atoms with Crippen molar-refractivity contribution in [1.29, 1.82) is 0 Å². The van der Waals surface area contributed by atoms with Crippen LogP contribution in [0, 0.1) is 0 Å². The Hall–Kier alpha value is -1.66. The Morgan fingerprint density at radius 2 is 1.18 bits per heavy atom. The highest BCUT2D eigenvalue weighted by atomic mass is 16.5. The normalized spacial score (nSPS) is 8.71. The topological polar surface area (TPSA) is 115 Å². The SMILES string of the molecule is C=CC(=O)O.C=CC(=O)O.CCC(O)(O)CC. The van der Waals surface area contributed by atoms with Crippen LogP contribution in [0.2, 0.25) is 0 Å². The first-order valence-electron chi connectivity index (χ1n) is 4.82. The molecule has 0 aliphatic carbocycles. The Labute approximate surface area is 101 Å². The number of rotatable bonds is 4. The largest absolute Gasteiger partial charge is 0.478 e. The fourth-order valence-electron chi connectivity index (χ4n) is 0.250. The molecular weight excluding hydrogens is 228 g/mol. The maximum absolute atomic E-state index is 9.25. The van der Waals surface area contributed by atoms with Gasteiger partial charge in [-0.2, -0.15) is 0 Å². The van der Waals surface area contributed by atoms with E-state index in [-0.39, 0.29) is 0 Å². The zero-order valence-corrected chi connectivity index (χ0v) is 10.1. The minimum absolute atomic E-state index is 0.406. The van der Waals surface area contributed by atoms with Gasteiger partial charge in [0.25, 0.3) is 0 Å². The quantitative estimate of drug-likeness (QED) is 0.436. The molecule has 6 heteroatoms. The molecule has 0 fully saturated rings. The van der Waals surface area contributed by atoms with Crippen molar-refractivity contribution in [2.75, 3.05) is 0 Å². The average molecular weight is 248 g/mol. The molecule has 0 aromatic rings. The highest BCUT2D eigenvalue weighted by Gasteiger charge is 2.14. The number of hydrogen-bond acceptors (Lipinski definition) is 4. The van der Waals surface area contributed by atoms with Gasteiger partial charge in [-0.1, -0.05) is 27.0 Å². The third kappa shape index (κ3) is 31.4. The fourth-order valence-corrected chi connectivity index (χ4v) is 0.250. The zero-order valence-electron chi connectivity index (χ0n) is 10.1. The van der Waals surface area contributed by atoms with Crippen LogP contribution >= 0.6 is 0 Å². The third-order valence-corrected chi connectivity index (χ3v) is 1.48. The van der Waals surface area contributed by atoms with E-state index in [1.807, 2.05) is 0 Å². The highest BCUT2D eigenvalue weighted by molar-refractivity contribution is 5.79. The molecule has 4 N–H and O–H groups in total. The molecule has 0 amide bonds. The predicted molar refractivity (Wildman–Crippen MR) is 63.4 cm³/mol. The van der Waals surface area contributed by atoms with Crippen molar-refractivity contribution in [2.24, 2.45) is 0 Å². The fraction of sp³-hybridized carbons (Fsp3) is 0.455. The van der Waals surface area contributed by atoms with E-state index in [1.165, 1.54) is 0 Å². The van der Waals surface area contributed by atoms with Crippen molar-refractivity contribution in [3.63, 3.8) is 0 Å². The van der Waals surface area contributed by atoms with E-state index >= 15 is 0 Å². The first kappa shape index (κ1) is 20.7. The molecular formula is C11H20O6. The molecule has 0 spiro atoms. The lowest BCUT2D eigenvalue weighted by atomic mass is 10.2. The maximum atomic E-state index is 9.25. The number of aliphatic hydroxyl groups is 2. The van der Waals surface area contributed by atoms with Crippen LogP contribution in [-0.4, -0.2) is 38.2 Å². The van der Waals surface area contributed by atoms with Gasteiger partial charge in [0.1, 0.15) is 0 Å². The second kappa shape index (κ2) is 12.4. The van der Waals surface area contributed by atoms with Crippen LogP contribution in [0.15, 0.2) is 25.3 Å². The molecule has 100 valence electrons. The van der Waals surface area contributed by atoms with Crippen molar-refractivity contribution in [3.05, 3.63) is 25.3 Å². The Morgan fingerprint density at radius 3 is 1.18 bits per heavy atom. The maximum Gasteiger partial charge on any atom is 0.327 e. The Balaban J connectivity index is -0.000000177. The summed E-state index contributed by atoms with van der Waals surface area (Å²) in [7, 11) is 0. The second-order valence-electron chi connectivity index (χ2n) is 2.77. The standard InChI is InChI=1S/C5H12O2.2C3H4O2/c1-3-5(6,7)4-2;2*1-2-3(4)5/h6-7H,3-4H2,1-2H3;2*2H,1H2,(H,4,5). The van der Waals surface area contributed by atoms with Crippen molar-refractivity contribution in [2.45, 2.75) is 32.5 Å². The smallest absolute Gasteiger partial charge is 0.327 e. The summed E-state index contributed by atoms with van der Waals surface area (Å²) in [5, 5.41) is 32.6. The van der Waals surface area contributed by atoms with Gasteiger partial charge in [0.2, 0.25) is 0 Å². The van der Waals surface area contributed by atoms with Crippen LogP contribution in [0.5, 0.6) is 0 Å². The highest BCUT2D eigenvalue weighted by Crippen LogP contribution is 2.07. The van der Waals surface area contributed by atoms with E-state index < -0.39 is 17.7 Å². The van der Waals surface area contributed by atoms with Crippen LogP contribution in [-0.2, 0) is 9.59 Å². The van der Waals surface area contributed by atoms with Gasteiger partial charge in [-0.05, 0) is 12.8 Å². The minimum atomic E-state index is -1.42. The monoisotopic (exact) mass is 248 g/mol. The summed E-state index contributed by atoms with van der Waals surface area (Å²) in [6.07, 6.45) is 2.48. The molecule has 0 aromatic carbocycles. The Bertz CT molecular complexity index is 220. The van der Waals surface area contributed by atoms with Gasteiger partial charge in [0, 0.05) is 12.2 Å². The number of hydrogen-bond donors (Lipinski definition) is 4. The van der Waals surface area contributed by atoms with Crippen molar-refractivity contribution in [1.82, 2.24) is 0 Å². The molecule has 0 atom stereocenters. The molecule has 0 saturated heterocycles. The molecule has 0 radical (unpaired) electrons. The number of aliphatic carboxylic acids is 2. The summed E-state index contributed by atoms with van der Waals surface area (Å²) in [5.41, 5.74) is 0. The molecule has 0 rings (SSSR count). The van der Waals surface area contributed by atoms with Gasteiger partial charge in [0.05, 0.1) is 0 Å². The minimum Gasteiger partial charge on any atom is -0.478 e. The molecule has 0 bridgehead atoms. The van der Waals surface area contributed by atoms with E-state index in [4.69, 9.17) is 20.4 Å². The lowest BCUT2D eigenvalue weighted by Gasteiger charge is -2.15. The lowest BCUT2D eigenvalue weighted by Crippen LogP contribution is -2.24. The zero-order chi connectivity index (χ0) is 14.5. The molecule has 6 nitrogen and oxygen atoms in total. The van der Waals surface area contributed by atoms with Crippen LogP contribution in [0.3, 0.4) is 0 Å².